The smallest absolute Gasteiger partial charge is 0.326 e. The summed E-state index contributed by atoms with van der Waals surface area (Å²) in [6.45, 7) is 8.33. The number of rotatable bonds is 13. The zero-order valence-corrected chi connectivity index (χ0v) is 21.2. The third-order valence-electron chi connectivity index (χ3n) is 6.41. The predicted octanol–water partition coefficient (Wildman–Crippen LogP) is 1.61. The molecule has 5 unspecified atom stereocenters. The Hall–Kier alpha value is -2.94. The fraction of sp³-hybridized carbons (Fsp3) is 0.615. The van der Waals surface area contributed by atoms with Gasteiger partial charge in [-0.3, -0.25) is 14.4 Å². The van der Waals surface area contributed by atoms with Crippen molar-refractivity contribution in [3.05, 3.63) is 35.9 Å². The highest BCUT2D eigenvalue weighted by molar-refractivity contribution is 5.94. The SMILES string of the molecule is CCC(C)C(NC(=O)C1CCCN1)C(=O)NC(Cc1ccccc1)C(=O)NC(CC(C)C)C(=O)O. The number of benzene rings is 1. The van der Waals surface area contributed by atoms with Crippen LogP contribution in [0.1, 0.15) is 58.9 Å². The fourth-order valence-electron chi connectivity index (χ4n) is 4.15. The first-order valence-corrected chi connectivity index (χ1v) is 12.5. The molecule has 35 heavy (non-hydrogen) atoms. The van der Waals surface area contributed by atoms with Gasteiger partial charge in [-0.2, -0.15) is 0 Å². The van der Waals surface area contributed by atoms with Crippen molar-refractivity contribution in [3.8, 4) is 0 Å². The molecule has 0 saturated carbocycles. The van der Waals surface area contributed by atoms with Crippen LogP contribution in [0.2, 0.25) is 0 Å². The second-order valence-electron chi connectivity index (χ2n) is 9.80. The monoisotopic (exact) mass is 488 g/mol. The maximum Gasteiger partial charge on any atom is 0.326 e. The molecule has 1 aliphatic heterocycles. The molecule has 1 aromatic carbocycles. The highest BCUT2D eigenvalue weighted by atomic mass is 16.4. The number of amides is 3. The lowest BCUT2D eigenvalue weighted by molar-refractivity contribution is -0.142. The molecule has 3 amide bonds. The maximum atomic E-state index is 13.4. The molecule has 5 N–H and O–H groups in total. The van der Waals surface area contributed by atoms with Gasteiger partial charge in [-0.1, -0.05) is 64.4 Å². The fourth-order valence-corrected chi connectivity index (χ4v) is 4.15. The van der Waals surface area contributed by atoms with Crippen LogP contribution in [-0.2, 0) is 25.6 Å². The first-order valence-electron chi connectivity index (χ1n) is 12.5. The topological polar surface area (TPSA) is 137 Å². The van der Waals surface area contributed by atoms with Crippen LogP contribution in [0.25, 0.3) is 0 Å². The number of hydrogen-bond donors (Lipinski definition) is 5. The number of carboxylic acid groups (broad SMARTS) is 1. The Bertz CT molecular complexity index is 855. The molecule has 0 radical (unpaired) electrons. The summed E-state index contributed by atoms with van der Waals surface area (Å²) < 4.78 is 0. The molecule has 5 atom stereocenters. The highest BCUT2D eigenvalue weighted by Gasteiger charge is 2.33. The average molecular weight is 489 g/mol. The van der Waals surface area contributed by atoms with Crippen molar-refractivity contribution in [2.75, 3.05) is 6.54 Å². The standard InChI is InChI=1S/C26H40N4O5/c1-5-17(4)22(30-23(31)19-12-9-13-27-19)25(33)28-20(15-18-10-7-6-8-11-18)24(32)29-21(26(34)35)14-16(2)3/h6-8,10-11,16-17,19-22,27H,5,9,12-15H2,1-4H3,(H,28,33)(H,29,32)(H,30,31)(H,34,35). The molecule has 1 heterocycles. The largest absolute Gasteiger partial charge is 0.480 e. The zero-order valence-electron chi connectivity index (χ0n) is 21.2. The second kappa shape index (κ2) is 13.8. The molecule has 9 heteroatoms. The van der Waals surface area contributed by atoms with E-state index in [-0.39, 0.29) is 36.6 Å². The van der Waals surface area contributed by atoms with E-state index < -0.39 is 35.9 Å². The van der Waals surface area contributed by atoms with E-state index >= 15 is 0 Å². The molecular formula is C26H40N4O5. The van der Waals surface area contributed by atoms with E-state index in [1.165, 1.54) is 0 Å². The van der Waals surface area contributed by atoms with E-state index in [4.69, 9.17) is 0 Å². The highest BCUT2D eigenvalue weighted by Crippen LogP contribution is 2.13. The molecular weight excluding hydrogens is 448 g/mol. The number of carbonyl (C=O) groups excluding carboxylic acids is 3. The van der Waals surface area contributed by atoms with Gasteiger partial charge < -0.3 is 26.4 Å². The van der Waals surface area contributed by atoms with E-state index in [0.29, 0.717) is 12.8 Å². The van der Waals surface area contributed by atoms with E-state index in [9.17, 15) is 24.3 Å². The van der Waals surface area contributed by atoms with Crippen molar-refractivity contribution in [2.45, 2.75) is 84.0 Å². The summed E-state index contributed by atoms with van der Waals surface area (Å²) in [7, 11) is 0. The second-order valence-corrected chi connectivity index (χ2v) is 9.80. The summed E-state index contributed by atoms with van der Waals surface area (Å²) in [4.78, 5) is 51.0. The Morgan fingerprint density at radius 2 is 1.66 bits per heavy atom. The summed E-state index contributed by atoms with van der Waals surface area (Å²) in [5, 5.41) is 20.9. The molecule has 194 valence electrons. The molecule has 0 aliphatic carbocycles. The first-order chi connectivity index (χ1) is 16.6. The third-order valence-corrected chi connectivity index (χ3v) is 6.41. The Balaban J connectivity index is 2.21. The van der Waals surface area contributed by atoms with E-state index in [1.807, 2.05) is 58.0 Å². The normalized spacial score (nSPS) is 18.8. The Kier molecular flexibility index (Phi) is 11.2. The Morgan fingerprint density at radius 1 is 1.00 bits per heavy atom. The van der Waals surface area contributed by atoms with Crippen LogP contribution in [0.15, 0.2) is 30.3 Å². The van der Waals surface area contributed by atoms with Crippen LogP contribution >= 0.6 is 0 Å². The average Bonchev–Trinajstić information content (AvgIpc) is 3.36. The number of hydrogen-bond acceptors (Lipinski definition) is 5. The first kappa shape index (κ1) is 28.3. The van der Waals surface area contributed by atoms with Gasteiger partial charge in [-0.15, -0.1) is 0 Å². The summed E-state index contributed by atoms with van der Waals surface area (Å²) in [6, 6.07) is 6.01. The lowest BCUT2D eigenvalue weighted by atomic mass is 9.96. The quantitative estimate of drug-likeness (QED) is 0.286. The van der Waals surface area contributed by atoms with Gasteiger partial charge in [0.05, 0.1) is 6.04 Å². The van der Waals surface area contributed by atoms with Crippen LogP contribution in [0.4, 0.5) is 0 Å². The minimum Gasteiger partial charge on any atom is -0.480 e. The van der Waals surface area contributed by atoms with Crippen molar-refractivity contribution >= 4 is 23.7 Å². The maximum absolute atomic E-state index is 13.4. The molecule has 1 fully saturated rings. The molecule has 1 aliphatic rings. The predicted molar refractivity (Wildman–Crippen MR) is 134 cm³/mol. The van der Waals surface area contributed by atoms with Crippen LogP contribution in [-0.4, -0.2) is 59.5 Å². The summed E-state index contributed by atoms with van der Waals surface area (Å²) in [5.74, 6) is -2.47. The van der Waals surface area contributed by atoms with Crippen LogP contribution in [0, 0.1) is 11.8 Å². The van der Waals surface area contributed by atoms with Gasteiger partial charge >= 0.3 is 5.97 Å². The minimum atomic E-state index is -1.12. The van der Waals surface area contributed by atoms with Crippen molar-refractivity contribution < 1.29 is 24.3 Å². The van der Waals surface area contributed by atoms with Crippen molar-refractivity contribution in [2.24, 2.45) is 11.8 Å². The molecule has 9 nitrogen and oxygen atoms in total. The Labute approximate surface area is 207 Å². The van der Waals surface area contributed by atoms with Gasteiger partial charge in [0.2, 0.25) is 17.7 Å². The number of carboxylic acids is 1. The summed E-state index contributed by atoms with van der Waals surface area (Å²) in [6.07, 6.45) is 2.73. The number of aliphatic carboxylic acids is 1. The van der Waals surface area contributed by atoms with Gasteiger partial charge in [-0.05, 0) is 43.2 Å². The summed E-state index contributed by atoms with van der Waals surface area (Å²) >= 11 is 0. The summed E-state index contributed by atoms with van der Waals surface area (Å²) in [5.41, 5.74) is 0.822. The Morgan fingerprint density at radius 3 is 2.20 bits per heavy atom. The third kappa shape index (κ3) is 8.98. The molecule has 0 bridgehead atoms. The van der Waals surface area contributed by atoms with Crippen molar-refractivity contribution in [1.82, 2.24) is 21.3 Å². The van der Waals surface area contributed by atoms with Crippen molar-refractivity contribution in [3.63, 3.8) is 0 Å². The van der Waals surface area contributed by atoms with Crippen LogP contribution in [0.5, 0.6) is 0 Å². The van der Waals surface area contributed by atoms with E-state index in [0.717, 1.165) is 18.5 Å². The molecule has 2 rings (SSSR count). The van der Waals surface area contributed by atoms with Crippen molar-refractivity contribution in [1.29, 1.82) is 0 Å². The molecule has 1 aromatic rings. The minimum absolute atomic E-state index is 0.0627. The lowest BCUT2D eigenvalue weighted by Gasteiger charge is -2.28. The van der Waals surface area contributed by atoms with Gasteiger partial charge in [0.1, 0.15) is 18.1 Å². The molecule has 0 spiro atoms. The van der Waals surface area contributed by atoms with E-state index in [1.54, 1.807) is 0 Å². The van der Waals surface area contributed by atoms with Gasteiger partial charge in [-0.25, -0.2) is 4.79 Å². The molecule has 0 aromatic heterocycles. The van der Waals surface area contributed by atoms with Gasteiger partial charge in [0.25, 0.3) is 0 Å². The molecule has 1 saturated heterocycles. The zero-order chi connectivity index (χ0) is 26.0. The number of carbonyl (C=O) groups is 4. The van der Waals surface area contributed by atoms with E-state index in [2.05, 4.69) is 21.3 Å². The lowest BCUT2D eigenvalue weighted by Crippen LogP contribution is -2.59. The van der Waals surface area contributed by atoms with Crippen LogP contribution in [0.3, 0.4) is 0 Å². The number of nitrogens with one attached hydrogen (secondary N) is 4. The van der Waals surface area contributed by atoms with Crippen LogP contribution < -0.4 is 21.3 Å². The van der Waals surface area contributed by atoms with Gasteiger partial charge in [0.15, 0.2) is 0 Å². The van der Waals surface area contributed by atoms with Gasteiger partial charge in [0, 0.05) is 6.42 Å².